The van der Waals surface area contributed by atoms with Crippen LogP contribution in [0.2, 0.25) is 0 Å². The summed E-state index contributed by atoms with van der Waals surface area (Å²) in [7, 11) is 0. The lowest BCUT2D eigenvalue weighted by Gasteiger charge is -2.14. The number of aromatic nitrogens is 3. The van der Waals surface area contributed by atoms with Gasteiger partial charge in [0.2, 0.25) is 0 Å². The number of hydrogen-bond acceptors (Lipinski definition) is 7. The molecule has 2 heterocycles. The van der Waals surface area contributed by atoms with Gasteiger partial charge in [-0.15, -0.1) is 0 Å². The third-order valence-electron chi connectivity index (χ3n) is 4.27. The van der Waals surface area contributed by atoms with Crippen LogP contribution in [0.25, 0.3) is 5.82 Å². The number of anilines is 2. The van der Waals surface area contributed by atoms with Gasteiger partial charge in [-0.2, -0.15) is 0 Å². The highest BCUT2D eigenvalue weighted by Crippen LogP contribution is 2.23. The number of ether oxygens (including phenoxy) is 1. The van der Waals surface area contributed by atoms with Crippen LogP contribution in [0.5, 0.6) is 5.75 Å². The molecule has 0 aliphatic rings. The zero-order chi connectivity index (χ0) is 21.8. The third-order valence-corrected chi connectivity index (χ3v) is 4.27. The highest BCUT2D eigenvalue weighted by Gasteiger charge is 2.14. The van der Waals surface area contributed by atoms with Crippen LogP contribution in [0.15, 0.2) is 47.5 Å². The lowest BCUT2D eigenvalue weighted by molar-refractivity contribution is -0.139. The van der Waals surface area contributed by atoms with Crippen molar-refractivity contribution in [2.75, 3.05) is 11.9 Å². The molecule has 0 fully saturated rings. The van der Waals surface area contributed by atoms with Crippen LogP contribution in [0, 0.1) is 13.8 Å². The number of nitrogens with zero attached hydrogens (tertiary/aromatic N) is 3. The summed E-state index contributed by atoms with van der Waals surface area (Å²) in [5.74, 6) is -0.394. The summed E-state index contributed by atoms with van der Waals surface area (Å²) in [4.78, 5) is 43.7. The molecular weight excluding hydrogens is 388 g/mol. The zero-order valence-electron chi connectivity index (χ0n) is 16.7. The Morgan fingerprint density at radius 3 is 2.67 bits per heavy atom. The van der Waals surface area contributed by atoms with Crippen LogP contribution in [0.1, 0.15) is 28.5 Å². The lowest BCUT2D eigenvalue weighted by atomic mass is 10.1. The fourth-order valence-electron chi connectivity index (χ4n) is 2.91. The number of nitrogens with one attached hydrogen (secondary N) is 1. The number of carbonyl (C=O) groups is 2. The Kier molecular flexibility index (Phi) is 5.91. The Morgan fingerprint density at radius 2 is 2.00 bits per heavy atom. The van der Waals surface area contributed by atoms with E-state index in [-0.39, 0.29) is 11.6 Å². The third kappa shape index (κ3) is 4.52. The van der Waals surface area contributed by atoms with E-state index in [9.17, 15) is 14.4 Å². The number of carboxylic acid groups (broad SMARTS) is 1. The summed E-state index contributed by atoms with van der Waals surface area (Å²) >= 11 is 0. The number of aliphatic carboxylic acids is 1. The summed E-state index contributed by atoms with van der Waals surface area (Å²) in [6.45, 7) is 4.40. The minimum absolute atomic E-state index is 0.0708. The number of Topliss-reactive ketones (excluding diaryl/α,β-unsaturated/α-hetero) is 1. The normalized spacial score (nSPS) is 10.5. The van der Waals surface area contributed by atoms with Crippen molar-refractivity contribution in [2.24, 2.45) is 0 Å². The SMILES string of the molecule is CC(=O)c1cccc(Nc2nccn(-c3cc(C)c(OCC(=O)O)c(C)n3)c2=O)c1. The van der Waals surface area contributed by atoms with Crippen LogP contribution in [-0.4, -0.2) is 38.0 Å². The van der Waals surface area contributed by atoms with Gasteiger partial charge in [0.25, 0.3) is 5.56 Å². The predicted octanol–water partition coefficient (Wildman–Crippen LogP) is 2.65. The van der Waals surface area contributed by atoms with E-state index >= 15 is 0 Å². The molecule has 9 nitrogen and oxygen atoms in total. The van der Waals surface area contributed by atoms with Crippen molar-refractivity contribution in [3.63, 3.8) is 0 Å². The standard InChI is InChI=1S/C21H20N4O5/c1-12-9-17(23-13(2)19(12)30-11-18(27)28)25-8-7-22-20(21(25)29)24-16-6-4-5-15(10-16)14(3)26/h4-10H,11H2,1-3H3,(H,22,24)(H,27,28). The summed E-state index contributed by atoms with van der Waals surface area (Å²) in [5.41, 5.74) is 1.74. The van der Waals surface area contributed by atoms with Crippen LogP contribution < -0.4 is 15.6 Å². The molecule has 0 bridgehead atoms. The molecule has 0 spiro atoms. The Balaban J connectivity index is 1.95. The monoisotopic (exact) mass is 408 g/mol. The number of pyridine rings is 1. The zero-order valence-corrected chi connectivity index (χ0v) is 16.7. The second kappa shape index (κ2) is 8.56. The molecule has 2 aromatic heterocycles. The molecule has 2 N–H and O–H groups in total. The van der Waals surface area contributed by atoms with Crippen LogP contribution >= 0.6 is 0 Å². The van der Waals surface area contributed by atoms with Crippen molar-refractivity contribution >= 4 is 23.3 Å². The largest absolute Gasteiger partial charge is 0.480 e. The molecular formula is C21H20N4O5. The van der Waals surface area contributed by atoms with Gasteiger partial charge < -0.3 is 15.2 Å². The maximum absolute atomic E-state index is 12.9. The summed E-state index contributed by atoms with van der Waals surface area (Å²) < 4.78 is 6.61. The first-order valence-corrected chi connectivity index (χ1v) is 9.05. The topological polar surface area (TPSA) is 123 Å². The van der Waals surface area contributed by atoms with Gasteiger partial charge in [0, 0.05) is 23.6 Å². The average molecular weight is 408 g/mol. The fourth-order valence-corrected chi connectivity index (χ4v) is 2.91. The minimum Gasteiger partial charge on any atom is -0.480 e. The molecule has 0 radical (unpaired) electrons. The first-order chi connectivity index (χ1) is 14.3. The van der Waals surface area contributed by atoms with Crippen molar-refractivity contribution in [1.29, 1.82) is 0 Å². The van der Waals surface area contributed by atoms with Crippen LogP contribution in [-0.2, 0) is 4.79 Å². The highest BCUT2D eigenvalue weighted by atomic mass is 16.5. The first-order valence-electron chi connectivity index (χ1n) is 9.05. The van der Waals surface area contributed by atoms with E-state index in [0.29, 0.717) is 34.1 Å². The maximum Gasteiger partial charge on any atom is 0.341 e. The molecule has 0 amide bonds. The number of carboxylic acids is 1. The number of rotatable bonds is 7. The van der Waals surface area contributed by atoms with Crippen molar-refractivity contribution in [2.45, 2.75) is 20.8 Å². The van der Waals surface area contributed by atoms with E-state index in [2.05, 4.69) is 15.3 Å². The second-order valence-corrected chi connectivity index (χ2v) is 6.61. The first kappa shape index (κ1) is 20.7. The number of ketones is 1. The van der Waals surface area contributed by atoms with Crippen LogP contribution in [0.3, 0.4) is 0 Å². The van der Waals surface area contributed by atoms with E-state index in [4.69, 9.17) is 9.84 Å². The smallest absolute Gasteiger partial charge is 0.341 e. The van der Waals surface area contributed by atoms with E-state index in [1.165, 1.54) is 23.9 Å². The molecule has 0 aliphatic carbocycles. The van der Waals surface area contributed by atoms with Gasteiger partial charge in [-0.1, -0.05) is 12.1 Å². The van der Waals surface area contributed by atoms with Gasteiger partial charge in [-0.25, -0.2) is 14.8 Å². The van der Waals surface area contributed by atoms with Crippen molar-refractivity contribution < 1.29 is 19.4 Å². The number of hydrogen-bond donors (Lipinski definition) is 2. The molecule has 0 aliphatic heterocycles. The summed E-state index contributed by atoms with van der Waals surface area (Å²) in [6, 6.07) is 8.40. The number of aryl methyl sites for hydroxylation is 2. The predicted molar refractivity (Wildman–Crippen MR) is 110 cm³/mol. The number of carbonyl (C=O) groups excluding carboxylic acids is 1. The molecule has 30 heavy (non-hydrogen) atoms. The van der Waals surface area contributed by atoms with Gasteiger partial charge in [0.05, 0.1) is 5.69 Å². The minimum atomic E-state index is -1.09. The van der Waals surface area contributed by atoms with Crippen molar-refractivity contribution in [3.05, 3.63) is 69.9 Å². The molecule has 0 saturated heterocycles. The molecule has 3 aromatic rings. The van der Waals surface area contributed by atoms with E-state index < -0.39 is 18.1 Å². The maximum atomic E-state index is 12.9. The molecule has 0 saturated carbocycles. The molecule has 0 unspecified atom stereocenters. The lowest BCUT2D eigenvalue weighted by Crippen LogP contribution is -2.23. The second-order valence-electron chi connectivity index (χ2n) is 6.61. The van der Waals surface area contributed by atoms with Gasteiger partial charge in [0.1, 0.15) is 11.6 Å². The van der Waals surface area contributed by atoms with Crippen molar-refractivity contribution in [3.8, 4) is 11.6 Å². The van der Waals surface area contributed by atoms with Gasteiger partial charge in [0.15, 0.2) is 18.2 Å². The summed E-state index contributed by atoms with van der Waals surface area (Å²) in [6.07, 6.45) is 2.94. The number of benzene rings is 1. The van der Waals surface area contributed by atoms with Gasteiger partial charge >= 0.3 is 5.97 Å². The molecule has 9 heteroatoms. The highest BCUT2D eigenvalue weighted by molar-refractivity contribution is 5.95. The summed E-state index contributed by atoms with van der Waals surface area (Å²) in [5, 5.41) is 11.7. The molecule has 3 rings (SSSR count). The van der Waals surface area contributed by atoms with Crippen LogP contribution in [0.4, 0.5) is 11.5 Å². The molecule has 0 atom stereocenters. The quantitative estimate of drug-likeness (QED) is 0.572. The van der Waals surface area contributed by atoms with Gasteiger partial charge in [-0.3, -0.25) is 14.2 Å². The Hall–Kier alpha value is -4.01. The average Bonchev–Trinajstić information content (AvgIpc) is 2.69. The van der Waals surface area contributed by atoms with Crippen molar-refractivity contribution in [1.82, 2.24) is 14.5 Å². The van der Waals surface area contributed by atoms with E-state index in [0.717, 1.165) is 0 Å². The Labute approximate surface area is 172 Å². The van der Waals surface area contributed by atoms with E-state index in [1.54, 1.807) is 44.2 Å². The Bertz CT molecular complexity index is 1160. The molecule has 154 valence electrons. The molecule has 1 aromatic carbocycles. The fraction of sp³-hybridized carbons (Fsp3) is 0.190. The van der Waals surface area contributed by atoms with E-state index in [1.807, 2.05) is 0 Å². The Morgan fingerprint density at radius 1 is 1.23 bits per heavy atom. The van der Waals surface area contributed by atoms with Gasteiger partial charge in [-0.05, 0) is 44.5 Å².